The third kappa shape index (κ3) is 3.91. The number of nitrogens with zero attached hydrogens (tertiary/aromatic N) is 3. The van der Waals surface area contributed by atoms with E-state index in [2.05, 4.69) is 6.92 Å². The Kier molecular flexibility index (Phi) is 5.82. The van der Waals surface area contributed by atoms with E-state index in [9.17, 15) is 0 Å². The van der Waals surface area contributed by atoms with Crippen molar-refractivity contribution in [2.24, 2.45) is 0 Å². The molecule has 0 unspecified atom stereocenters. The van der Waals surface area contributed by atoms with Crippen LogP contribution >= 0.6 is 46.1 Å². The van der Waals surface area contributed by atoms with Gasteiger partial charge in [0.05, 0.1) is 26.3 Å². The summed E-state index contributed by atoms with van der Waals surface area (Å²) in [6.07, 6.45) is 6.56. The lowest BCUT2D eigenvalue weighted by molar-refractivity contribution is 0.418. The quantitative estimate of drug-likeness (QED) is 0.282. The van der Waals surface area contributed by atoms with E-state index in [0.717, 1.165) is 39.5 Å². The van der Waals surface area contributed by atoms with E-state index in [1.807, 2.05) is 47.3 Å². The van der Waals surface area contributed by atoms with Gasteiger partial charge >= 0.3 is 0 Å². The third-order valence-corrected chi connectivity index (χ3v) is 7.76. The monoisotopic (exact) mass is 487 g/mol. The highest BCUT2D eigenvalue weighted by atomic mass is 35.5. The highest BCUT2D eigenvalue weighted by Gasteiger charge is 2.26. The molecule has 5 rings (SSSR count). The second-order valence-electron chi connectivity index (χ2n) is 7.73. The molecule has 0 atom stereocenters. The van der Waals surface area contributed by atoms with Crippen LogP contribution in [0.4, 0.5) is 0 Å². The Morgan fingerprint density at radius 3 is 2.42 bits per heavy atom. The highest BCUT2D eigenvalue weighted by Crippen LogP contribution is 2.43. The molecule has 2 aromatic carbocycles. The van der Waals surface area contributed by atoms with E-state index >= 15 is 0 Å². The fourth-order valence-corrected chi connectivity index (χ4v) is 5.67. The third-order valence-electron chi connectivity index (χ3n) is 5.80. The van der Waals surface area contributed by atoms with Crippen LogP contribution in [-0.2, 0) is 6.42 Å². The van der Waals surface area contributed by atoms with Gasteiger partial charge in [-0.1, -0.05) is 60.3 Å². The Morgan fingerprint density at radius 2 is 1.77 bits per heavy atom. The number of rotatable bonds is 5. The van der Waals surface area contributed by atoms with Gasteiger partial charge in [0.1, 0.15) is 5.69 Å². The molecule has 0 radical (unpaired) electrons. The summed E-state index contributed by atoms with van der Waals surface area (Å²) >= 11 is 20.7. The van der Waals surface area contributed by atoms with Crippen LogP contribution in [0.15, 0.2) is 48.7 Å². The Balaban J connectivity index is 1.72. The molecule has 7 heteroatoms. The Hall–Kier alpha value is -1.85. The lowest BCUT2D eigenvalue weighted by Crippen LogP contribution is -2.07. The summed E-state index contributed by atoms with van der Waals surface area (Å²) in [5.41, 5.74) is 4.96. The predicted octanol–water partition coefficient (Wildman–Crippen LogP) is 8.45. The molecule has 158 valence electrons. The highest BCUT2D eigenvalue weighted by molar-refractivity contribution is 7.15. The molecule has 0 spiro atoms. The van der Waals surface area contributed by atoms with E-state index in [0.29, 0.717) is 21.0 Å². The first-order chi connectivity index (χ1) is 15.0. The Morgan fingerprint density at radius 1 is 1.03 bits per heavy atom. The molecule has 4 aromatic rings. The van der Waals surface area contributed by atoms with Crippen LogP contribution < -0.4 is 0 Å². The van der Waals surface area contributed by atoms with Crippen molar-refractivity contribution in [1.82, 2.24) is 14.8 Å². The van der Waals surface area contributed by atoms with Crippen molar-refractivity contribution < 1.29 is 0 Å². The predicted molar refractivity (Wildman–Crippen MR) is 131 cm³/mol. The summed E-state index contributed by atoms with van der Waals surface area (Å²) in [6.45, 7) is 2.15. The average molecular weight is 489 g/mol. The van der Waals surface area contributed by atoms with Gasteiger partial charge in [-0.25, -0.2) is 9.67 Å². The van der Waals surface area contributed by atoms with Gasteiger partial charge in [-0.05, 0) is 49.6 Å². The van der Waals surface area contributed by atoms with E-state index in [1.54, 1.807) is 17.4 Å². The molecule has 31 heavy (non-hydrogen) atoms. The van der Waals surface area contributed by atoms with Crippen molar-refractivity contribution in [3.63, 3.8) is 0 Å². The Labute approximate surface area is 200 Å². The molecule has 0 saturated heterocycles. The minimum atomic E-state index is 0.555. The van der Waals surface area contributed by atoms with Crippen LogP contribution in [0.2, 0.25) is 15.1 Å². The van der Waals surface area contributed by atoms with Crippen LogP contribution in [0, 0.1) is 0 Å². The number of hydrogen-bond acceptors (Lipinski definition) is 3. The largest absolute Gasteiger partial charge is 0.249 e. The molecule has 1 saturated carbocycles. The van der Waals surface area contributed by atoms with Crippen LogP contribution in [0.1, 0.15) is 42.7 Å². The van der Waals surface area contributed by atoms with E-state index < -0.39 is 0 Å². The van der Waals surface area contributed by atoms with Gasteiger partial charge in [-0.15, -0.1) is 11.3 Å². The van der Waals surface area contributed by atoms with Gasteiger partial charge < -0.3 is 0 Å². The van der Waals surface area contributed by atoms with Crippen molar-refractivity contribution in [1.29, 1.82) is 0 Å². The second kappa shape index (κ2) is 8.59. The molecule has 2 heterocycles. The van der Waals surface area contributed by atoms with E-state index in [-0.39, 0.29) is 0 Å². The zero-order valence-corrected chi connectivity index (χ0v) is 20.0. The van der Waals surface area contributed by atoms with Gasteiger partial charge in [0, 0.05) is 33.3 Å². The second-order valence-corrected chi connectivity index (χ2v) is 10.1. The maximum atomic E-state index is 6.60. The summed E-state index contributed by atoms with van der Waals surface area (Å²) in [4.78, 5) is 5.82. The number of benzene rings is 2. The maximum Gasteiger partial charge on any atom is 0.108 e. The van der Waals surface area contributed by atoms with Crippen molar-refractivity contribution >= 4 is 46.1 Å². The first kappa shape index (κ1) is 21.0. The van der Waals surface area contributed by atoms with Crippen LogP contribution in [0.5, 0.6) is 0 Å². The first-order valence-electron chi connectivity index (χ1n) is 10.3. The zero-order valence-electron chi connectivity index (χ0n) is 16.9. The number of thiazole rings is 1. The van der Waals surface area contributed by atoms with Gasteiger partial charge in [0.25, 0.3) is 0 Å². The number of hydrogen-bond donors (Lipinski definition) is 0. The fraction of sp³-hybridized carbons (Fsp3) is 0.250. The molecule has 1 aliphatic rings. The molecule has 0 aliphatic heterocycles. The van der Waals surface area contributed by atoms with Crippen LogP contribution in [0.3, 0.4) is 0 Å². The van der Waals surface area contributed by atoms with Gasteiger partial charge in [-0.3, -0.25) is 0 Å². The van der Waals surface area contributed by atoms with Crippen molar-refractivity contribution in [2.75, 3.05) is 0 Å². The zero-order chi connectivity index (χ0) is 21.5. The minimum Gasteiger partial charge on any atom is -0.249 e. The fourth-order valence-electron chi connectivity index (χ4n) is 3.96. The lowest BCUT2D eigenvalue weighted by Gasteiger charge is -2.22. The summed E-state index contributed by atoms with van der Waals surface area (Å²) in [6, 6.07) is 13.3. The molecule has 1 aliphatic carbocycles. The number of aromatic nitrogens is 3. The molecular weight excluding hydrogens is 469 g/mol. The summed E-state index contributed by atoms with van der Waals surface area (Å²) in [7, 11) is 0. The Bertz CT molecular complexity index is 1240. The molecule has 0 amide bonds. The van der Waals surface area contributed by atoms with E-state index in [4.69, 9.17) is 44.9 Å². The van der Waals surface area contributed by atoms with Crippen molar-refractivity contribution in [3.8, 4) is 27.5 Å². The summed E-state index contributed by atoms with van der Waals surface area (Å²) in [5.74, 6) is 0.604. The summed E-state index contributed by atoms with van der Waals surface area (Å²) in [5, 5.41) is 8.12. The van der Waals surface area contributed by atoms with E-state index in [1.165, 1.54) is 24.3 Å². The first-order valence-corrected chi connectivity index (χ1v) is 12.3. The van der Waals surface area contributed by atoms with Crippen LogP contribution in [0.25, 0.3) is 27.5 Å². The maximum absolute atomic E-state index is 6.60. The molecule has 2 aromatic heterocycles. The average Bonchev–Trinajstić information content (AvgIpc) is 3.32. The lowest BCUT2D eigenvalue weighted by atomic mass is 9.86. The normalized spacial score (nSPS) is 14.1. The van der Waals surface area contributed by atoms with Gasteiger partial charge in [0.2, 0.25) is 0 Å². The van der Waals surface area contributed by atoms with Gasteiger partial charge in [-0.2, -0.15) is 5.10 Å². The summed E-state index contributed by atoms with van der Waals surface area (Å²) < 4.78 is 1.93. The standard InChI is InChI=1S/C24H20Cl3N3S/c1-2-18-22(21-13-28-24(31-21)15-4-3-5-15)29-30(20-11-10-17(26)12-19(20)27)23(18)14-6-8-16(25)9-7-14/h6-13,15H,2-5H2,1H3. The number of halogens is 3. The van der Waals surface area contributed by atoms with Gasteiger partial charge in [0.15, 0.2) is 0 Å². The molecule has 3 nitrogen and oxygen atoms in total. The van der Waals surface area contributed by atoms with Crippen LogP contribution in [-0.4, -0.2) is 14.8 Å². The minimum absolute atomic E-state index is 0.555. The molecule has 1 fully saturated rings. The van der Waals surface area contributed by atoms with Crippen molar-refractivity contribution in [3.05, 3.63) is 74.3 Å². The molecule has 0 N–H and O–H groups in total. The molecular formula is C24H20Cl3N3S. The topological polar surface area (TPSA) is 30.7 Å². The molecule has 0 bridgehead atoms. The van der Waals surface area contributed by atoms with Crippen molar-refractivity contribution in [2.45, 2.75) is 38.5 Å². The SMILES string of the molecule is CCc1c(-c2cnc(C3CCC3)s2)nn(-c2ccc(Cl)cc2Cl)c1-c1ccc(Cl)cc1. The smallest absolute Gasteiger partial charge is 0.108 e.